The summed E-state index contributed by atoms with van der Waals surface area (Å²) in [5.74, 6) is -0.601. The van der Waals surface area contributed by atoms with Gasteiger partial charge in [-0.15, -0.1) is 0 Å². The number of fused-ring (bicyclic) bond motifs is 1. The van der Waals surface area contributed by atoms with Crippen LogP contribution in [0.1, 0.15) is 16.8 Å². The molecule has 4 rings (SSSR count). The van der Waals surface area contributed by atoms with Gasteiger partial charge in [0.1, 0.15) is 11.8 Å². The molecule has 0 fully saturated rings. The van der Waals surface area contributed by atoms with Gasteiger partial charge in [-0.25, -0.2) is 4.79 Å². The summed E-state index contributed by atoms with van der Waals surface area (Å²) in [6, 6.07) is 21.1. The molecule has 1 atom stereocenters. The summed E-state index contributed by atoms with van der Waals surface area (Å²) >= 11 is 0. The molecule has 1 aliphatic rings. The van der Waals surface area contributed by atoms with Gasteiger partial charge in [0.15, 0.2) is 5.75 Å². The van der Waals surface area contributed by atoms with E-state index in [-0.39, 0.29) is 12.2 Å². The summed E-state index contributed by atoms with van der Waals surface area (Å²) in [6.07, 6.45) is -0.246. The molecule has 0 saturated carbocycles. The number of hydrogen-bond acceptors (Lipinski definition) is 5. The van der Waals surface area contributed by atoms with E-state index in [0.29, 0.717) is 22.7 Å². The van der Waals surface area contributed by atoms with Crippen molar-refractivity contribution in [2.24, 2.45) is 0 Å². The SMILES string of the molecule is COc1ccc(C(=O)N2c3ccccc3OC(=O)[C@@H]2CC(=O)Nc2ccccc2)cc1. The highest BCUT2D eigenvalue weighted by molar-refractivity contribution is 6.13. The summed E-state index contributed by atoms with van der Waals surface area (Å²) in [5.41, 5.74) is 1.39. The van der Waals surface area contributed by atoms with Crippen LogP contribution in [0.2, 0.25) is 0 Å². The minimum atomic E-state index is -1.10. The molecular formula is C24H20N2O5. The second kappa shape index (κ2) is 8.71. The Hall–Kier alpha value is -4.13. The molecule has 3 aromatic carbocycles. The molecule has 7 nitrogen and oxygen atoms in total. The fourth-order valence-electron chi connectivity index (χ4n) is 3.40. The first-order chi connectivity index (χ1) is 15.1. The monoisotopic (exact) mass is 416 g/mol. The summed E-state index contributed by atoms with van der Waals surface area (Å²) < 4.78 is 10.6. The maximum Gasteiger partial charge on any atom is 0.335 e. The lowest BCUT2D eigenvalue weighted by molar-refractivity contribution is -0.138. The number of esters is 1. The van der Waals surface area contributed by atoms with Gasteiger partial charge in [0, 0.05) is 11.3 Å². The number of anilines is 2. The Kier molecular flexibility index (Phi) is 5.66. The van der Waals surface area contributed by atoms with E-state index in [9.17, 15) is 14.4 Å². The van der Waals surface area contributed by atoms with Crippen LogP contribution in [0.5, 0.6) is 11.5 Å². The number of rotatable bonds is 5. The Morgan fingerprint density at radius 3 is 2.35 bits per heavy atom. The van der Waals surface area contributed by atoms with Gasteiger partial charge in [0.2, 0.25) is 5.91 Å². The van der Waals surface area contributed by atoms with Crippen molar-refractivity contribution < 1.29 is 23.9 Å². The number of carbonyl (C=O) groups excluding carboxylic acids is 3. The molecular weight excluding hydrogens is 396 g/mol. The van der Waals surface area contributed by atoms with Gasteiger partial charge in [0.25, 0.3) is 5.91 Å². The van der Waals surface area contributed by atoms with E-state index in [2.05, 4.69) is 5.32 Å². The zero-order valence-electron chi connectivity index (χ0n) is 16.8. The van der Waals surface area contributed by atoms with E-state index in [4.69, 9.17) is 9.47 Å². The Balaban J connectivity index is 1.65. The predicted molar refractivity (Wildman–Crippen MR) is 115 cm³/mol. The van der Waals surface area contributed by atoms with Crippen LogP contribution in [0.15, 0.2) is 78.9 Å². The van der Waals surface area contributed by atoms with Crippen molar-refractivity contribution in [3.63, 3.8) is 0 Å². The van der Waals surface area contributed by atoms with Gasteiger partial charge >= 0.3 is 5.97 Å². The third-order valence-corrected chi connectivity index (χ3v) is 4.91. The molecule has 0 bridgehead atoms. The lowest BCUT2D eigenvalue weighted by Crippen LogP contribution is -2.51. The predicted octanol–water partition coefficient (Wildman–Crippen LogP) is 3.66. The fraction of sp³-hybridized carbons (Fsp3) is 0.125. The standard InChI is InChI=1S/C24H20N2O5/c1-30-18-13-11-16(12-14-18)23(28)26-19-9-5-6-10-21(19)31-24(29)20(26)15-22(27)25-17-7-3-2-4-8-17/h2-14,20H,15H2,1H3,(H,25,27)/t20-/m0/s1. The maximum atomic E-state index is 13.4. The number of hydrogen-bond donors (Lipinski definition) is 1. The van der Waals surface area contributed by atoms with Gasteiger partial charge in [-0.1, -0.05) is 30.3 Å². The summed E-state index contributed by atoms with van der Waals surface area (Å²) in [7, 11) is 1.54. The van der Waals surface area contributed by atoms with Crippen LogP contribution in [0.3, 0.4) is 0 Å². The Morgan fingerprint density at radius 1 is 0.968 bits per heavy atom. The number of nitrogens with zero attached hydrogens (tertiary/aromatic N) is 1. The molecule has 0 aliphatic carbocycles. The third-order valence-electron chi connectivity index (χ3n) is 4.91. The van der Waals surface area contributed by atoms with E-state index in [1.54, 1.807) is 72.8 Å². The lowest BCUT2D eigenvalue weighted by Gasteiger charge is -2.35. The van der Waals surface area contributed by atoms with Crippen LogP contribution in [-0.2, 0) is 9.59 Å². The normalized spacial score (nSPS) is 14.9. The van der Waals surface area contributed by atoms with Gasteiger partial charge in [-0.2, -0.15) is 0 Å². The number of para-hydroxylation sites is 3. The molecule has 0 spiro atoms. The molecule has 0 saturated heterocycles. The molecule has 1 heterocycles. The second-order valence-corrected chi connectivity index (χ2v) is 6.93. The first-order valence-corrected chi connectivity index (χ1v) is 9.70. The van der Waals surface area contributed by atoms with E-state index in [1.165, 1.54) is 12.0 Å². The lowest BCUT2D eigenvalue weighted by atomic mass is 10.0. The third kappa shape index (κ3) is 4.25. The highest BCUT2D eigenvalue weighted by Crippen LogP contribution is 2.36. The van der Waals surface area contributed by atoms with Crippen LogP contribution < -0.4 is 19.7 Å². The largest absolute Gasteiger partial charge is 0.497 e. The van der Waals surface area contributed by atoms with Crippen molar-refractivity contribution in [1.29, 1.82) is 0 Å². The van der Waals surface area contributed by atoms with Crippen LogP contribution in [-0.4, -0.2) is 30.9 Å². The number of carbonyl (C=O) groups is 3. The number of nitrogens with one attached hydrogen (secondary N) is 1. The van der Waals surface area contributed by atoms with Gasteiger partial charge in [0.05, 0.1) is 19.2 Å². The zero-order valence-corrected chi connectivity index (χ0v) is 16.8. The topological polar surface area (TPSA) is 84.9 Å². The van der Waals surface area contributed by atoms with Crippen molar-refractivity contribution in [1.82, 2.24) is 0 Å². The van der Waals surface area contributed by atoms with Gasteiger partial charge in [-0.05, 0) is 48.5 Å². The number of methoxy groups -OCH3 is 1. The average molecular weight is 416 g/mol. The van der Waals surface area contributed by atoms with E-state index < -0.39 is 23.8 Å². The molecule has 3 aromatic rings. The van der Waals surface area contributed by atoms with Gasteiger partial charge in [-0.3, -0.25) is 14.5 Å². The van der Waals surface area contributed by atoms with Crippen molar-refractivity contribution in [3.05, 3.63) is 84.4 Å². The smallest absolute Gasteiger partial charge is 0.335 e. The molecule has 1 N–H and O–H groups in total. The summed E-state index contributed by atoms with van der Waals surface area (Å²) in [6.45, 7) is 0. The Labute approximate surface area is 179 Å². The van der Waals surface area contributed by atoms with Gasteiger partial charge < -0.3 is 14.8 Å². The van der Waals surface area contributed by atoms with Crippen LogP contribution >= 0.6 is 0 Å². The van der Waals surface area contributed by atoms with Crippen LogP contribution in [0.4, 0.5) is 11.4 Å². The summed E-state index contributed by atoms with van der Waals surface area (Å²) in [4.78, 5) is 40.2. The van der Waals surface area contributed by atoms with E-state index in [0.717, 1.165) is 0 Å². The highest BCUT2D eigenvalue weighted by Gasteiger charge is 2.40. The van der Waals surface area contributed by atoms with Crippen molar-refractivity contribution in [3.8, 4) is 11.5 Å². The van der Waals surface area contributed by atoms with Crippen molar-refractivity contribution >= 4 is 29.2 Å². The molecule has 7 heteroatoms. The highest BCUT2D eigenvalue weighted by atomic mass is 16.5. The number of benzene rings is 3. The molecule has 0 radical (unpaired) electrons. The molecule has 31 heavy (non-hydrogen) atoms. The quantitative estimate of drug-likeness (QED) is 0.507. The molecule has 0 unspecified atom stereocenters. The van der Waals surface area contributed by atoms with Crippen LogP contribution in [0, 0.1) is 0 Å². The summed E-state index contributed by atoms with van der Waals surface area (Å²) in [5, 5.41) is 2.75. The van der Waals surface area contributed by atoms with Crippen molar-refractivity contribution in [2.45, 2.75) is 12.5 Å². The number of ether oxygens (including phenoxy) is 2. The molecule has 1 aliphatic heterocycles. The fourth-order valence-corrected chi connectivity index (χ4v) is 3.40. The molecule has 0 aromatic heterocycles. The minimum absolute atomic E-state index is 0.246. The second-order valence-electron chi connectivity index (χ2n) is 6.93. The molecule has 156 valence electrons. The maximum absolute atomic E-state index is 13.4. The Bertz CT molecular complexity index is 1110. The molecule has 2 amide bonds. The number of amides is 2. The van der Waals surface area contributed by atoms with E-state index in [1.807, 2.05) is 6.07 Å². The Morgan fingerprint density at radius 2 is 1.65 bits per heavy atom. The van der Waals surface area contributed by atoms with Crippen LogP contribution in [0.25, 0.3) is 0 Å². The average Bonchev–Trinajstić information content (AvgIpc) is 2.80. The first kappa shape index (κ1) is 20.2. The van der Waals surface area contributed by atoms with E-state index >= 15 is 0 Å². The first-order valence-electron chi connectivity index (χ1n) is 9.70. The van der Waals surface area contributed by atoms with Crippen molar-refractivity contribution in [2.75, 3.05) is 17.3 Å². The minimum Gasteiger partial charge on any atom is -0.497 e. The zero-order chi connectivity index (χ0) is 21.8.